The van der Waals surface area contributed by atoms with Crippen molar-refractivity contribution in [2.75, 3.05) is 38.5 Å². The molecule has 0 bridgehead atoms. The third kappa shape index (κ3) is 7.15. The van der Waals surface area contributed by atoms with Crippen LogP contribution >= 0.6 is 11.8 Å². The molecule has 39 heavy (non-hydrogen) atoms. The fourth-order valence-corrected chi connectivity index (χ4v) is 6.14. The summed E-state index contributed by atoms with van der Waals surface area (Å²) in [6, 6.07) is 14.2. The van der Waals surface area contributed by atoms with E-state index in [0.29, 0.717) is 46.9 Å². The van der Waals surface area contributed by atoms with Gasteiger partial charge in [-0.15, -0.1) is 0 Å². The molecule has 1 aromatic heterocycles. The number of fused-ring (bicyclic) bond motifs is 1. The quantitative estimate of drug-likeness (QED) is 0.166. The summed E-state index contributed by atoms with van der Waals surface area (Å²) in [5.41, 5.74) is 1.37. The Morgan fingerprint density at radius 2 is 1.85 bits per heavy atom. The van der Waals surface area contributed by atoms with Gasteiger partial charge >= 0.3 is 0 Å². The molecule has 2 aromatic carbocycles. The molecule has 2 saturated heterocycles. The van der Waals surface area contributed by atoms with E-state index in [2.05, 4.69) is 10.2 Å². The molecule has 0 radical (unpaired) electrons. The number of likely N-dealkylation sites (tertiary alicyclic amines) is 1. The van der Waals surface area contributed by atoms with E-state index >= 15 is 0 Å². The van der Waals surface area contributed by atoms with Crippen LogP contribution in [-0.2, 0) is 11.3 Å². The zero-order valence-electron chi connectivity index (χ0n) is 22.3. The molecule has 3 aromatic rings. The minimum Gasteiger partial charge on any atom is -0.376 e. The average Bonchev–Trinajstić information content (AvgIpc) is 3.49. The summed E-state index contributed by atoms with van der Waals surface area (Å²) in [5, 5.41) is 3.92. The van der Waals surface area contributed by atoms with Gasteiger partial charge in [0, 0.05) is 24.3 Å². The van der Waals surface area contributed by atoms with Crippen molar-refractivity contribution in [2.24, 2.45) is 0 Å². The molecule has 2 aliphatic heterocycles. The average molecular weight is 549 g/mol. The fraction of sp³-hybridized carbons (Fsp3) is 0.467. The summed E-state index contributed by atoms with van der Waals surface area (Å²) in [4.78, 5) is 46.4. The molecule has 9 heteroatoms. The van der Waals surface area contributed by atoms with Gasteiger partial charge in [-0.05, 0) is 69.9 Å². The molecule has 8 nitrogen and oxygen atoms in total. The molecule has 2 aliphatic rings. The van der Waals surface area contributed by atoms with Crippen molar-refractivity contribution in [3.8, 4) is 0 Å². The molecule has 0 spiro atoms. The summed E-state index contributed by atoms with van der Waals surface area (Å²) in [7, 11) is 0. The molecule has 0 aliphatic carbocycles. The highest BCUT2D eigenvalue weighted by molar-refractivity contribution is 7.99. The van der Waals surface area contributed by atoms with E-state index in [9.17, 15) is 14.4 Å². The summed E-state index contributed by atoms with van der Waals surface area (Å²) in [6.07, 6.45) is 6.52. The lowest BCUT2D eigenvalue weighted by Gasteiger charge is -2.26. The number of rotatable bonds is 11. The van der Waals surface area contributed by atoms with Crippen molar-refractivity contribution in [1.82, 2.24) is 19.8 Å². The highest BCUT2D eigenvalue weighted by Gasteiger charge is 2.21. The molecule has 5 rings (SSSR count). The van der Waals surface area contributed by atoms with Crippen molar-refractivity contribution in [1.29, 1.82) is 0 Å². The van der Waals surface area contributed by atoms with Crippen LogP contribution in [0, 0.1) is 0 Å². The second-order valence-corrected chi connectivity index (χ2v) is 11.2. The van der Waals surface area contributed by atoms with Crippen molar-refractivity contribution in [2.45, 2.75) is 56.3 Å². The molecular weight excluding hydrogens is 512 g/mol. The van der Waals surface area contributed by atoms with Gasteiger partial charge in [-0.25, -0.2) is 4.98 Å². The Morgan fingerprint density at radius 3 is 2.62 bits per heavy atom. The van der Waals surface area contributed by atoms with Gasteiger partial charge < -0.3 is 15.0 Å². The maximum Gasteiger partial charge on any atom is 0.262 e. The van der Waals surface area contributed by atoms with E-state index in [1.807, 2.05) is 18.2 Å². The zero-order valence-corrected chi connectivity index (χ0v) is 23.1. The van der Waals surface area contributed by atoms with Crippen molar-refractivity contribution >= 4 is 34.4 Å². The first-order valence-electron chi connectivity index (χ1n) is 14.0. The maximum atomic E-state index is 13.6. The summed E-state index contributed by atoms with van der Waals surface area (Å²) in [6.45, 7) is 4.96. The smallest absolute Gasteiger partial charge is 0.262 e. The Kier molecular flexibility index (Phi) is 9.44. The first-order chi connectivity index (χ1) is 19.1. The second-order valence-electron chi connectivity index (χ2n) is 10.3. The minimum atomic E-state index is -0.182. The lowest BCUT2D eigenvalue weighted by atomic mass is 10.1. The van der Waals surface area contributed by atoms with Gasteiger partial charge in [-0.1, -0.05) is 48.5 Å². The Bertz CT molecular complexity index is 1350. The second kappa shape index (κ2) is 13.4. The third-order valence-electron chi connectivity index (χ3n) is 7.41. The van der Waals surface area contributed by atoms with E-state index in [4.69, 9.17) is 9.72 Å². The predicted molar refractivity (Wildman–Crippen MR) is 154 cm³/mol. The number of carbonyl (C=O) groups excluding carboxylic acids is 2. The van der Waals surface area contributed by atoms with Crippen LogP contribution in [0.5, 0.6) is 0 Å². The molecule has 3 heterocycles. The zero-order chi connectivity index (χ0) is 27.0. The fourth-order valence-electron chi connectivity index (χ4n) is 5.23. The number of benzene rings is 2. The SMILES string of the molecule is O=C(CSc1nc2cc(C(=O)NCCCN3CCCCC3)ccc2c(=O)n1CC1CCCO1)c1ccccc1. The highest BCUT2D eigenvalue weighted by atomic mass is 32.2. The Balaban J connectivity index is 1.32. The van der Waals surface area contributed by atoms with Crippen LogP contribution in [0.15, 0.2) is 58.5 Å². The van der Waals surface area contributed by atoms with Gasteiger partial charge in [-0.2, -0.15) is 0 Å². The molecule has 0 saturated carbocycles. The van der Waals surface area contributed by atoms with Crippen LogP contribution < -0.4 is 10.9 Å². The maximum absolute atomic E-state index is 13.6. The number of nitrogens with one attached hydrogen (secondary N) is 1. The largest absolute Gasteiger partial charge is 0.376 e. The summed E-state index contributed by atoms with van der Waals surface area (Å²) in [5.74, 6) is -0.0457. The van der Waals surface area contributed by atoms with E-state index in [1.165, 1.54) is 31.0 Å². The Morgan fingerprint density at radius 1 is 1.03 bits per heavy atom. The van der Waals surface area contributed by atoms with E-state index in [0.717, 1.165) is 38.9 Å². The molecule has 1 unspecified atom stereocenters. The van der Waals surface area contributed by atoms with E-state index in [-0.39, 0.29) is 29.1 Å². The van der Waals surface area contributed by atoms with Crippen LogP contribution in [0.25, 0.3) is 10.9 Å². The number of hydrogen-bond donors (Lipinski definition) is 1. The number of aromatic nitrogens is 2. The third-order valence-corrected chi connectivity index (χ3v) is 8.38. The van der Waals surface area contributed by atoms with Crippen LogP contribution in [0.1, 0.15) is 59.2 Å². The summed E-state index contributed by atoms with van der Waals surface area (Å²) >= 11 is 1.25. The normalized spacial score (nSPS) is 17.9. The Labute approximate surface area is 233 Å². The number of piperidine rings is 1. The number of Topliss-reactive ketones (excluding diaryl/α,β-unsaturated/α-hetero) is 1. The lowest BCUT2D eigenvalue weighted by Crippen LogP contribution is -2.33. The number of thioether (sulfide) groups is 1. The van der Waals surface area contributed by atoms with Crippen LogP contribution in [0.2, 0.25) is 0 Å². The molecule has 1 amide bonds. The number of ether oxygens (including phenoxy) is 1. The lowest BCUT2D eigenvalue weighted by molar-refractivity contribution is 0.0937. The van der Waals surface area contributed by atoms with Crippen LogP contribution in [0.3, 0.4) is 0 Å². The first-order valence-corrected chi connectivity index (χ1v) is 14.9. The standard InChI is InChI=1S/C30H36N4O4S/c35-27(22-9-3-1-4-10-22)21-39-30-32-26-19-23(28(36)31-14-8-17-33-15-5-2-6-16-33)12-13-25(26)29(37)34(30)20-24-11-7-18-38-24/h1,3-4,9-10,12-13,19,24H,2,5-8,11,14-18,20-21H2,(H,31,36). The number of carbonyl (C=O) groups is 2. The summed E-state index contributed by atoms with van der Waals surface area (Å²) < 4.78 is 7.42. The van der Waals surface area contributed by atoms with Gasteiger partial charge in [-0.3, -0.25) is 19.0 Å². The van der Waals surface area contributed by atoms with Gasteiger partial charge in [0.05, 0.1) is 29.3 Å². The van der Waals surface area contributed by atoms with Gasteiger partial charge in [0.2, 0.25) is 0 Å². The van der Waals surface area contributed by atoms with Gasteiger partial charge in [0.25, 0.3) is 11.5 Å². The van der Waals surface area contributed by atoms with E-state index < -0.39 is 0 Å². The molecule has 1 atom stereocenters. The number of hydrogen-bond acceptors (Lipinski definition) is 7. The Hall–Kier alpha value is -3.01. The number of ketones is 1. The first kappa shape index (κ1) is 27.6. The highest BCUT2D eigenvalue weighted by Crippen LogP contribution is 2.23. The van der Waals surface area contributed by atoms with Crippen LogP contribution in [0.4, 0.5) is 0 Å². The van der Waals surface area contributed by atoms with Crippen molar-refractivity contribution in [3.05, 3.63) is 70.0 Å². The number of amides is 1. The molecule has 2 fully saturated rings. The molecule has 1 N–H and O–H groups in total. The predicted octanol–water partition coefficient (Wildman–Crippen LogP) is 4.16. The van der Waals surface area contributed by atoms with Crippen molar-refractivity contribution < 1.29 is 14.3 Å². The topological polar surface area (TPSA) is 93.5 Å². The minimum absolute atomic E-state index is 0.0312. The van der Waals surface area contributed by atoms with Gasteiger partial charge in [0.15, 0.2) is 10.9 Å². The van der Waals surface area contributed by atoms with E-state index in [1.54, 1.807) is 34.9 Å². The van der Waals surface area contributed by atoms with Crippen molar-refractivity contribution in [3.63, 3.8) is 0 Å². The molecular formula is C30H36N4O4S. The monoisotopic (exact) mass is 548 g/mol. The molecule has 206 valence electrons. The number of nitrogens with zero attached hydrogens (tertiary/aromatic N) is 3. The van der Waals surface area contributed by atoms with Gasteiger partial charge in [0.1, 0.15) is 0 Å². The van der Waals surface area contributed by atoms with Crippen LogP contribution in [-0.4, -0.2) is 70.8 Å².